The minimum atomic E-state index is 0.295. The zero-order valence-corrected chi connectivity index (χ0v) is 12.1. The lowest BCUT2D eigenvalue weighted by molar-refractivity contribution is 0.359. The topological polar surface area (TPSA) is 43.8 Å². The molecule has 1 heterocycles. The highest BCUT2D eigenvalue weighted by Gasteiger charge is 2.23. The van der Waals surface area contributed by atoms with Crippen molar-refractivity contribution in [3.63, 3.8) is 0 Å². The summed E-state index contributed by atoms with van der Waals surface area (Å²) >= 11 is 0. The molecule has 3 heteroatoms. The van der Waals surface area contributed by atoms with E-state index in [1.807, 2.05) is 17.9 Å². The lowest BCUT2D eigenvalue weighted by Gasteiger charge is -2.29. The predicted octanol–water partition coefficient (Wildman–Crippen LogP) is 2.49. The van der Waals surface area contributed by atoms with Crippen molar-refractivity contribution < 1.29 is 0 Å². The Morgan fingerprint density at radius 1 is 1.35 bits per heavy atom. The third-order valence-corrected chi connectivity index (χ3v) is 4.52. The Morgan fingerprint density at radius 3 is 2.90 bits per heavy atom. The Labute approximate surface area is 120 Å². The van der Waals surface area contributed by atoms with Gasteiger partial charge >= 0.3 is 0 Å². The molecule has 0 amide bonds. The fraction of sp³-hybridized carbons (Fsp3) is 0.471. The Balaban J connectivity index is 1.57. The van der Waals surface area contributed by atoms with E-state index in [0.717, 1.165) is 19.3 Å². The van der Waals surface area contributed by atoms with Crippen LogP contribution in [-0.2, 0) is 26.3 Å². The quantitative estimate of drug-likeness (QED) is 0.926. The largest absolute Gasteiger partial charge is 0.327 e. The number of fused-ring (bicyclic) bond motifs is 1. The van der Waals surface area contributed by atoms with Gasteiger partial charge in [0.05, 0.1) is 6.20 Å². The fourth-order valence-corrected chi connectivity index (χ4v) is 3.26. The van der Waals surface area contributed by atoms with Crippen molar-refractivity contribution in [1.82, 2.24) is 9.78 Å². The molecule has 0 saturated carbocycles. The number of hydrogen-bond donors (Lipinski definition) is 1. The molecule has 1 aliphatic rings. The minimum Gasteiger partial charge on any atom is -0.327 e. The van der Waals surface area contributed by atoms with Crippen molar-refractivity contribution in [3.05, 3.63) is 53.3 Å². The van der Waals surface area contributed by atoms with Gasteiger partial charge in [0.1, 0.15) is 0 Å². The first kappa shape index (κ1) is 13.4. The third kappa shape index (κ3) is 2.93. The molecule has 1 aliphatic carbocycles. The van der Waals surface area contributed by atoms with Crippen molar-refractivity contribution in [2.24, 2.45) is 18.7 Å². The normalized spacial score (nSPS) is 19.6. The van der Waals surface area contributed by atoms with E-state index in [4.69, 9.17) is 5.73 Å². The first-order chi connectivity index (χ1) is 9.72. The SMILES string of the molecule is Cn1cc(CCC(N)C2CCc3ccccc3C2)cn1. The van der Waals surface area contributed by atoms with Crippen LogP contribution in [-0.4, -0.2) is 15.8 Å². The van der Waals surface area contributed by atoms with Crippen molar-refractivity contribution in [3.8, 4) is 0 Å². The van der Waals surface area contributed by atoms with Gasteiger partial charge in [-0.2, -0.15) is 5.10 Å². The first-order valence-electron chi connectivity index (χ1n) is 7.52. The Hall–Kier alpha value is -1.61. The molecule has 0 fully saturated rings. The third-order valence-electron chi connectivity index (χ3n) is 4.52. The molecule has 0 bridgehead atoms. The molecule has 2 atom stereocenters. The summed E-state index contributed by atoms with van der Waals surface area (Å²) in [5, 5.41) is 4.21. The van der Waals surface area contributed by atoms with Crippen LogP contribution in [0.2, 0.25) is 0 Å². The van der Waals surface area contributed by atoms with E-state index >= 15 is 0 Å². The van der Waals surface area contributed by atoms with Gasteiger partial charge in [0.15, 0.2) is 0 Å². The second kappa shape index (κ2) is 5.80. The van der Waals surface area contributed by atoms with Crippen LogP contribution in [0.25, 0.3) is 0 Å². The Morgan fingerprint density at radius 2 is 2.15 bits per heavy atom. The zero-order chi connectivity index (χ0) is 13.9. The highest BCUT2D eigenvalue weighted by atomic mass is 15.2. The van der Waals surface area contributed by atoms with Gasteiger partial charge in [0.2, 0.25) is 0 Å². The molecule has 1 aromatic carbocycles. The van der Waals surface area contributed by atoms with E-state index in [2.05, 4.69) is 35.6 Å². The van der Waals surface area contributed by atoms with E-state index in [-0.39, 0.29) is 0 Å². The number of nitrogens with two attached hydrogens (primary N) is 1. The molecule has 2 N–H and O–H groups in total. The predicted molar refractivity (Wildman–Crippen MR) is 81.5 cm³/mol. The molecular weight excluding hydrogens is 246 g/mol. The van der Waals surface area contributed by atoms with Gasteiger partial charge in [0, 0.05) is 19.3 Å². The van der Waals surface area contributed by atoms with Crippen LogP contribution in [0, 0.1) is 5.92 Å². The molecule has 3 nitrogen and oxygen atoms in total. The smallest absolute Gasteiger partial charge is 0.0521 e. The van der Waals surface area contributed by atoms with E-state index in [1.54, 1.807) is 0 Å². The molecule has 2 unspecified atom stereocenters. The fourth-order valence-electron chi connectivity index (χ4n) is 3.26. The molecule has 20 heavy (non-hydrogen) atoms. The van der Waals surface area contributed by atoms with E-state index in [0.29, 0.717) is 12.0 Å². The summed E-state index contributed by atoms with van der Waals surface area (Å²) in [5.74, 6) is 0.626. The van der Waals surface area contributed by atoms with E-state index < -0.39 is 0 Å². The number of nitrogens with zero attached hydrogens (tertiary/aromatic N) is 2. The summed E-state index contributed by atoms with van der Waals surface area (Å²) in [6.45, 7) is 0. The van der Waals surface area contributed by atoms with Crippen LogP contribution < -0.4 is 5.73 Å². The molecule has 1 aromatic heterocycles. The summed E-state index contributed by atoms with van der Waals surface area (Å²) in [6, 6.07) is 9.09. The summed E-state index contributed by atoms with van der Waals surface area (Å²) < 4.78 is 1.86. The van der Waals surface area contributed by atoms with Gasteiger partial charge in [-0.1, -0.05) is 24.3 Å². The Bertz CT molecular complexity index is 573. The van der Waals surface area contributed by atoms with E-state index in [1.165, 1.54) is 29.5 Å². The number of hydrogen-bond acceptors (Lipinski definition) is 2. The lowest BCUT2D eigenvalue weighted by atomic mass is 9.79. The van der Waals surface area contributed by atoms with Crippen molar-refractivity contribution in [2.45, 2.75) is 38.1 Å². The maximum atomic E-state index is 6.43. The molecule has 0 saturated heterocycles. The molecule has 0 aliphatic heterocycles. The molecule has 0 radical (unpaired) electrons. The molecular formula is C17H23N3. The van der Waals surface area contributed by atoms with Gasteiger partial charge < -0.3 is 5.73 Å². The van der Waals surface area contributed by atoms with Gasteiger partial charge in [-0.3, -0.25) is 4.68 Å². The van der Waals surface area contributed by atoms with Crippen molar-refractivity contribution >= 4 is 0 Å². The lowest BCUT2D eigenvalue weighted by Crippen LogP contribution is -2.34. The van der Waals surface area contributed by atoms with Crippen LogP contribution in [0.4, 0.5) is 0 Å². The minimum absolute atomic E-state index is 0.295. The number of aryl methyl sites for hydroxylation is 3. The first-order valence-corrected chi connectivity index (χ1v) is 7.52. The van der Waals surface area contributed by atoms with E-state index in [9.17, 15) is 0 Å². The standard InChI is InChI=1S/C17H23N3/c1-20-12-13(11-19-20)6-9-17(18)16-8-7-14-4-2-3-5-15(14)10-16/h2-5,11-12,16-17H,6-10,18H2,1H3. The van der Waals surface area contributed by atoms with Crippen molar-refractivity contribution in [1.29, 1.82) is 0 Å². The average Bonchev–Trinajstić information content (AvgIpc) is 2.90. The monoisotopic (exact) mass is 269 g/mol. The number of benzene rings is 1. The second-order valence-corrected chi connectivity index (χ2v) is 6.00. The Kier molecular flexibility index (Phi) is 3.88. The van der Waals surface area contributed by atoms with Gasteiger partial charge in [-0.05, 0) is 54.7 Å². The second-order valence-electron chi connectivity index (χ2n) is 6.00. The highest BCUT2D eigenvalue weighted by Crippen LogP contribution is 2.28. The number of aromatic nitrogens is 2. The summed E-state index contributed by atoms with van der Waals surface area (Å²) in [6.07, 6.45) is 9.68. The van der Waals surface area contributed by atoms with Gasteiger partial charge in [-0.25, -0.2) is 0 Å². The average molecular weight is 269 g/mol. The van der Waals surface area contributed by atoms with Crippen molar-refractivity contribution in [2.75, 3.05) is 0 Å². The van der Waals surface area contributed by atoms with Crippen LogP contribution >= 0.6 is 0 Å². The van der Waals surface area contributed by atoms with Crippen LogP contribution in [0.15, 0.2) is 36.7 Å². The maximum absolute atomic E-state index is 6.43. The summed E-state index contributed by atoms with van der Waals surface area (Å²) in [5.41, 5.74) is 10.7. The number of rotatable bonds is 4. The summed E-state index contributed by atoms with van der Waals surface area (Å²) in [7, 11) is 1.96. The van der Waals surface area contributed by atoms with Crippen LogP contribution in [0.3, 0.4) is 0 Å². The molecule has 106 valence electrons. The molecule has 3 rings (SSSR count). The van der Waals surface area contributed by atoms with Crippen LogP contribution in [0.1, 0.15) is 29.5 Å². The van der Waals surface area contributed by atoms with Gasteiger partial charge in [-0.15, -0.1) is 0 Å². The van der Waals surface area contributed by atoms with Gasteiger partial charge in [0.25, 0.3) is 0 Å². The molecule has 2 aromatic rings. The molecule has 0 spiro atoms. The maximum Gasteiger partial charge on any atom is 0.0521 e. The highest BCUT2D eigenvalue weighted by molar-refractivity contribution is 5.30. The van der Waals surface area contributed by atoms with Crippen LogP contribution in [0.5, 0.6) is 0 Å². The summed E-state index contributed by atoms with van der Waals surface area (Å²) in [4.78, 5) is 0. The zero-order valence-electron chi connectivity index (χ0n) is 12.1.